The van der Waals surface area contributed by atoms with Crippen LogP contribution in [-0.2, 0) is 24.1 Å². The first-order valence-corrected chi connectivity index (χ1v) is 10.1. The fourth-order valence-electron chi connectivity index (χ4n) is 4.66. The van der Waals surface area contributed by atoms with Gasteiger partial charge in [0, 0.05) is 50.1 Å². The number of hydrogen-bond acceptors (Lipinski definition) is 4. The van der Waals surface area contributed by atoms with Gasteiger partial charge in [-0.25, -0.2) is 0 Å². The molecular weight excluding hydrogens is 314 g/mol. The van der Waals surface area contributed by atoms with E-state index in [0.29, 0.717) is 12.1 Å². The number of nitrogens with one attached hydrogen (secondary N) is 1. The number of pyridine rings is 1. The predicted octanol–water partition coefficient (Wildman–Crippen LogP) is 1.57. The Morgan fingerprint density at radius 3 is 2.64 bits per heavy atom. The summed E-state index contributed by atoms with van der Waals surface area (Å²) in [6, 6.07) is 4.99. The maximum Gasteiger partial charge on any atom is 0.250 e. The van der Waals surface area contributed by atoms with E-state index < -0.39 is 0 Å². The topological polar surface area (TPSA) is 46.5 Å². The smallest absolute Gasteiger partial charge is 0.250 e. The summed E-state index contributed by atoms with van der Waals surface area (Å²) in [6.07, 6.45) is 8.07. The molecule has 0 amide bonds. The van der Waals surface area contributed by atoms with Crippen LogP contribution in [0.2, 0.25) is 0 Å². The Bertz CT molecular complexity index is 630. The molecule has 1 aromatic heterocycles. The van der Waals surface area contributed by atoms with Crippen LogP contribution >= 0.6 is 0 Å². The second kappa shape index (κ2) is 8.02. The lowest BCUT2D eigenvalue weighted by Gasteiger charge is -2.32. The molecule has 2 aliphatic heterocycles. The minimum absolute atomic E-state index is 0.175. The third kappa shape index (κ3) is 4.15. The van der Waals surface area contributed by atoms with E-state index in [4.69, 9.17) is 4.74 Å². The van der Waals surface area contributed by atoms with Crippen molar-refractivity contribution in [1.82, 2.24) is 14.8 Å². The number of likely N-dealkylation sites (tertiary alicyclic amines) is 1. The van der Waals surface area contributed by atoms with Gasteiger partial charge in [0.1, 0.15) is 0 Å². The third-order valence-electron chi connectivity index (χ3n) is 6.12. The van der Waals surface area contributed by atoms with Crippen molar-refractivity contribution in [2.45, 2.75) is 63.6 Å². The van der Waals surface area contributed by atoms with Gasteiger partial charge in [-0.3, -0.25) is 4.79 Å². The molecule has 0 aromatic carbocycles. The van der Waals surface area contributed by atoms with Crippen molar-refractivity contribution in [3.63, 3.8) is 0 Å². The van der Waals surface area contributed by atoms with E-state index in [1.54, 1.807) is 6.07 Å². The van der Waals surface area contributed by atoms with Crippen molar-refractivity contribution in [3.8, 4) is 0 Å². The maximum absolute atomic E-state index is 12.4. The number of nitrogens with zero attached hydrogens (tertiary/aromatic N) is 2. The van der Waals surface area contributed by atoms with Crippen molar-refractivity contribution in [2.24, 2.45) is 0 Å². The van der Waals surface area contributed by atoms with Gasteiger partial charge in [0.2, 0.25) is 0 Å². The zero-order valence-corrected chi connectivity index (χ0v) is 15.2. The Morgan fingerprint density at radius 2 is 1.84 bits per heavy atom. The van der Waals surface area contributed by atoms with Gasteiger partial charge >= 0.3 is 0 Å². The molecule has 3 heterocycles. The third-order valence-corrected chi connectivity index (χ3v) is 6.12. The maximum atomic E-state index is 12.4. The van der Waals surface area contributed by atoms with Gasteiger partial charge in [0.15, 0.2) is 0 Å². The minimum atomic E-state index is 0.175. The molecule has 138 valence electrons. The van der Waals surface area contributed by atoms with E-state index in [1.165, 1.54) is 37.2 Å². The number of fused-ring (bicyclic) bond motifs is 1. The van der Waals surface area contributed by atoms with Crippen molar-refractivity contribution in [1.29, 1.82) is 0 Å². The van der Waals surface area contributed by atoms with Gasteiger partial charge in [-0.2, -0.15) is 0 Å². The van der Waals surface area contributed by atoms with Crippen LogP contribution in [0.4, 0.5) is 0 Å². The highest BCUT2D eigenvalue weighted by Crippen LogP contribution is 2.22. The van der Waals surface area contributed by atoms with E-state index in [2.05, 4.69) is 20.9 Å². The van der Waals surface area contributed by atoms with Crippen molar-refractivity contribution in [2.75, 3.05) is 32.8 Å². The summed E-state index contributed by atoms with van der Waals surface area (Å²) in [5.41, 5.74) is 2.84. The summed E-state index contributed by atoms with van der Waals surface area (Å²) in [5, 5.41) is 3.83. The molecule has 1 unspecified atom stereocenters. The summed E-state index contributed by atoms with van der Waals surface area (Å²) in [4.78, 5) is 14.9. The fraction of sp³-hybridized carbons (Fsp3) is 0.750. The molecule has 0 spiro atoms. The van der Waals surface area contributed by atoms with Crippen LogP contribution in [0.5, 0.6) is 0 Å². The summed E-state index contributed by atoms with van der Waals surface area (Å²) in [6.45, 7) is 6.02. The largest absolute Gasteiger partial charge is 0.381 e. The fourth-order valence-corrected chi connectivity index (χ4v) is 4.66. The molecule has 0 saturated carbocycles. The van der Waals surface area contributed by atoms with Crippen LogP contribution in [0.1, 0.15) is 43.4 Å². The minimum Gasteiger partial charge on any atom is -0.381 e. The first kappa shape index (κ1) is 17.3. The average molecular weight is 345 g/mol. The quantitative estimate of drug-likeness (QED) is 0.880. The van der Waals surface area contributed by atoms with Gasteiger partial charge in [0.25, 0.3) is 5.56 Å². The standard InChI is InChI=1S/C20H31N3O2/c24-20-6-3-16-15-18(21-17-7-13-25-14-8-17)4-5-19(16)23(20)12-11-22-9-1-2-10-22/h3,6,17-18,21H,1-2,4-5,7-15H2. The van der Waals surface area contributed by atoms with Crippen molar-refractivity contribution in [3.05, 3.63) is 33.7 Å². The molecule has 1 aromatic rings. The van der Waals surface area contributed by atoms with Gasteiger partial charge < -0.3 is 19.5 Å². The summed E-state index contributed by atoms with van der Waals surface area (Å²) in [7, 11) is 0. The number of ether oxygens (including phenoxy) is 1. The number of hydrogen-bond donors (Lipinski definition) is 1. The van der Waals surface area contributed by atoms with Crippen LogP contribution in [0.15, 0.2) is 16.9 Å². The van der Waals surface area contributed by atoms with Crippen LogP contribution in [0.3, 0.4) is 0 Å². The van der Waals surface area contributed by atoms with Crippen LogP contribution in [0, 0.1) is 0 Å². The number of aromatic nitrogens is 1. The van der Waals surface area contributed by atoms with E-state index in [-0.39, 0.29) is 5.56 Å². The highest BCUT2D eigenvalue weighted by atomic mass is 16.5. The lowest BCUT2D eigenvalue weighted by Crippen LogP contribution is -2.45. The molecular formula is C20H31N3O2. The Labute approximate surface area is 150 Å². The van der Waals surface area contributed by atoms with Gasteiger partial charge in [0.05, 0.1) is 0 Å². The SMILES string of the molecule is O=c1ccc2c(n1CCN1CCCC1)CCC(NC1CCOCC1)C2. The Balaban J connectivity index is 1.41. The Hall–Kier alpha value is -1.17. The van der Waals surface area contributed by atoms with E-state index >= 15 is 0 Å². The summed E-state index contributed by atoms with van der Waals surface area (Å²) in [5.74, 6) is 0. The molecule has 5 heteroatoms. The highest BCUT2D eigenvalue weighted by molar-refractivity contribution is 5.25. The first-order valence-electron chi connectivity index (χ1n) is 10.1. The predicted molar refractivity (Wildman–Crippen MR) is 99.2 cm³/mol. The first-order chi connectivity index (χ1) is 12.3. The second-order valence-corrected chi connectivity index (χ2v) is 7.84. The lowest BCUT2D eigenvalue weighted by molar-refractivity contribution is 0.0742. The molecule has 25 heavy (non-hydrogen) atoms. The highest BCUT2D eigenvalue weighted by Gasteiger charge is 2.24. The summed E-state index contributed by atoms with van der Waals surface area (Å²) >= 11 is 0. The molecule has 1 N–H and O–H groups in total. The zero-order valence-electron chi connectivity index (χ0n) is 15.2. The Morgan fingerprint density at radius 1 is 1.04 bits per heavy atom. The lowest BCUT2D eigenvalue weighted by atomic mass is 9.90. The molecule has 4 rings (SSSR count). The monoisotopic (exact) mass is 345 g/mol. The van der Waals surface area contributed by atoms with Crippen molar-refractivity contribution >= 4 is 0 Å². The molecule has 0 bridgehead atoms. The van der Waals surface area contributed by atoms with Crippen LogP contribution in [-0.4, -0.2) is 54.4 Å². The molecule has 0 radical (unpaired) electrons. The van der Waals surface area contributed by atoms with Crippen molar-refractivity contribution < 1.29 is 4.74 Å². The van der Waals surface area contributed by atoms with Gasteiger partial charge in [-0.15, -0.1) is 0 Å². The average Bonchev–Trinajstić information content (AvgIpc) is 3.15. The molecule has 1 aliphatic carbocycles. The molecule has 2 fully saturated rings. The van der Waals surface area contributed by atoms with Gasteiger partial charge in [-0.05, 0) is 63.6 Å². The van der Waals surface area contributed by atoms with Crippen LogP contribution in [0.25, 0.3) is 0 Å². The second-order valence-electron chi connectivity index (χ2n) is 7.84. The van der Waals surface area contributed by atoms with E-state index in [0.717, 1.165) is 58.4 Å². The van der Waals surface area contributed by atoms with Crippen LogP contribution < -0.4 is 10.9 Å². The number of rotatable bonds is 5. The Kier molecular flexibility index (Phi) is 5.54. The molecule has 3 aliphatic rings. The van der Waals surface area contributed by atoms with E-state index in [9.17, 15) is 4.79 Å². The zero-order chi connectivity index (χ0) is 17.1. The summed E-state index contributed by atoms with van der Waals surface area (Å²) < 4.78 is 7.51. The molecule has 1 atom stereocenters. The van der Waals surface area contributed by atoms with Gasteiger partial charge in [-0.1, -0.05) is 6.07 Å². The normalized spacial score (nSPS) is 25.2. The molecule has 5 nitrogen and oxygen atoms in total. The van der Waals surface area contributed by atoms with E-state index in [1.807, 2.05) is 0 Å². The molecule has 2 saturated heterocycles.